The molecule has 3 aromatic rings. The molecule has 31 heavy (non-hydrogen) atoms. The lowest BCUT2D eigenvalue weighted by Gasteiger charge is -2.25. The average molecular weight is 464 g/mol. The van der Waals surface area contributed by atoms with Crippen molar-refractivity contribution in [3.63, 3.8) is 0 Å². The lowest BCUT2D eigenvalue weighted by Crippen LogP contribution is -2.43. The smallest absolute Gasteiger partial charge is 0.303 e. The Morgan fingerprint density at radius 1 is 1.26 bits per heavy atom. The van der Waals surface area contributed by atoms with E-state index in [-0.39, 0.29) is 17.7 Å². The predicted octanol–water partition coefficient (Wildman–Crippen LogP) is 1.93. The van der Waals surface area contributed by atoms with Crippen molar-refractivity contribution in [2.24, 2.45) is 4.99 Å². The van der Waals surface area contributed by atoms with Gasteiger partial charge >= 0.3 is 6.03 Å². The van der Waals surface area contributed by atoms with Gasteiger partial charge in [0, 0.05) is 12.3 Å². The fourth-order valence-corrected chi connectivity index (χ4v) is 3.38. The number of carbonyl (C=O) groups is 1. The van der Waals surface area contributed by atoms with Crippen LogP contribution in [0.5, 0.6) is 0 Å². The van der Waals surface area contributed by atoms with E-state index in [0.29, 0.717) is 22.3 Å². The molecule has 1 aliphatic rings. The Hall–Kier alpha value is -3.22. The first-order valence-electron chi connectivity index (χ1n) is 9.17. The van der Waals surface area contributed by atoms with Crippen LogP contribution in [0.4, 0.5) is 10.5 Å². The minimum absolute atomic E-state index is 0.0881. The molecule has 4 heterocycles. The first-order chi connectivity index (χ1) is 14.8. The van der Waals surface area contributed by atoms with Crippen LogP contribution in [-0.2, 0) is 0 Å². The summed E-state index contributed by atoms with van der Waals surface area (Å²) in [4.78, 5) is 24.6. The monoisotopic (exact) mass is 463 g/mol. The van der Waals surface area contributed by atoms with E-state index in [4.69, 9.17) is 23.2 Å². The Labute approximate surface area is 187 Å². The van der Waals surface area contributed by atoms with Crippen LogP contribution in [0, 0.1) is 0 Å². The minimum atomic E-state index is -0.497. The maximum atomic E-state index is 12.7. The number of hydrogen-bond acceptors (Lipinski definition) is 8. The lowest BCUT2D eigenvalue weighted by molar-refractivity contribution is 0.221. The van der Waals surface area contributed by atoms with Crippen molar-refractivity contribution in [1.82, 2.24) is 44.9 Å². The van der Waals surface area contributed by atoms with Crippen molar-refractivity contribution >= 4 is 46.4 Å². The van der Waals surface area contributed by atoms with Crippen molar-refractivity contribution in [2.75, 3.05) is 26.1 Å². The van der Waals surface area contributed by atoms with Gasteiger partial charge in [-0.05, 0) is 21.0 Å². The summed E-state index contributed by atoms with van der Waals surface area (Å²) in [5.74, 6) is 0.387. The number of carbonyl (C=O) groups excluding carboxylic acids is 1. The van der Waals surface area contributed by atoms with E-state index in [1.165, 1.54) is 28.4 Å². The number of amides is 2. The van der Waals surface area contributed by atoms with Gasteiger partial charge in [0.05, 0.1) is 36.0 Å². The largest absolute Gasteiger partial charge is 0.338 e. The van der Waals surface area contributed by atoms with Crippen LogP contribution in [-0.4, -0.2) is 72.1 Å². The molecular formula is C17H19Cl2N11O. The number of allylic oxidation sites excluding steroid dienone is 1. The highest BCUT2D eigenvalue weighted by atomic mass is 35.5. The summed E-state index contributed by atoms with van der Waals surface area (Å²) >= 11 is 12.3. The zero-order chi connectivity index (χ0) is 22.1. The zero-order valence-corrected chi connectivity index (χ0v) is 18.4. The van der Waals surface area contributed by atoms with Gasteiger partial charge < -0.3 is 10.2 Å². The number of nitrogens with one attached hydrogen (secondary N) is 2. The first-order valence-corrected chi connectivity index (χ1v) is 9.93. The molecule has 2 amide bonds. The molecule has 0 bridgehead atoms. The Morgan fingerprint density at radius 2 is 2.00 bits per heavy atom. The van der Waals surface area contributed by atoms with Gasteiger partial charge in [-0.15, -0.1) is 4.80 Å². The fraction of sp³-hybridized carbons (Fsp3) is 0.294. The van der Waals surface area contributed by atoms with E-state index in [1.807, 2.05) is 25.9 Å². The van der Waals surface area contributed by atoms with Crippen LogP contribution in [0.3, 0.4) is 0 Å². The van der Waals surface area contributed by atoms with Gasteiger partial charge in [-0.3, -0.25) is 5.01 Å². The molecule has 0 aliphatic carbocycles. The molecule has 1 aliphatic heterocycles. The summed E-state index contributed by atoms with van der Waals surface area (Å²) in [5.41, 5.74) is 4.48. The second-order valence-electron chi connectivity index (χ2n) is 6.89. The zero-order valence-electron chi connectivity index (χ0n) is 16.9. The van der Waals surface area contributed by atoms with Crippen LogP contribution >= 0.6 is 23.2 Å². The van der Waals surface area contributed by atoms with E-state index in [1.54, 1.807) is 16.8 Å². The Bertz CT molecular complexity index is 1170. The number of halogens is 2. The SMILES string of the molecule is C[C@@H](c1c(NC(=O)NN2C=C(Cl)C(n3nccn3)=NC2)cnc2cc(Cl)nn12)N(C)C. The molecule has 2 N–H and O–H groups in total. The van der Waals surface area contributed by atoms with Crippen LogP contribution in [0.25, 0.3) is 5.65 Å². The van der Waals surface area contributed by atoms with Gasteiger partial charge in [0.1, 0.15) is 11.7 Å². The number of aliphatic imine (C=N–C) groups is 1. The summed E-state index contributed by atoms with van der Waals surface area (Å²) in [6, 6.07) is 1.07. The number of aromatic nitrogens is 6. The number of anilines is 1. The molecule has 0 spiro atoms. The lowest BCUT2D eigenvalue weighted by atomic mass is 10.2. The van der Waals surface area contributed by atoms with E-state index in [9.17, 15) is 4.79 Å². The van der Waals surface area contributed by atoms with E-state index >= 15 is 0 Å². The number of nitrogens with zero attached hydrogens (tertiary/aromatic N) is 9. The quantitative estimate of drug-likeness (QED) is 0.605. The molecule has 0 saturated carbocycles. The first kappa shape index (κ1) is 21.0. The molecule has 3 aromatic heterocycles. The average Bonchev–Trinajstić information content (AvgIpc) is 3.36. The van der Waals surface area contributed by atoms with Gasteiger partial charge in [0.15, 0.2) is 16.6 Å². The normalized spacial score (nSPS) is 15.1. The number of rotatable bonds is 4. The van der Waals surface area contributed by atoms with Crippen molar-refractivity contribution in [2.45, 2.75) is 13.0 Å². The Morgan fingerprint density at radius 3 is 2.68 bits per heavy atom. The van der Waals surface area contributed by atoms with E-state index in [0.717, 1.165) is 5.69 Å². The third-order valence-corrected chi connectivity index (χ3v) is 5.07. The molecule has 0 fully saturated rings. The van der Waals surface area contributed by atoms with Crippen LogP contribution in [0.15, 0.2) is 40.9 Å². The maximum Gasteiger partial charge on any atom is 0.338 e. The molecule has 12 nitrogen and oxygen atoms in total. The van der Waals surface area contributed by atoms with Gasteiger partial charge in [-0.2, -0.15) is 15.3 Å². The number of urea groups is 1. The minimum Gasteiger partial charge on any atom is -0.303 e. The number of hydrogen-bond donors (Lipinski definition) is 2. The van der Waals surface area contributed by atoms with Crippen LogP contribution < -0.4 is 10.7 Å². The Balaban J connectivity index is 1.52. The number of fused-ring (bicyclic) bond motifs is 1. The molecular weight excluding hydrogens is 445 g/mol. The summed E-state index contributed by atoms with van der Waals surface area (Å²) < 4.78 is 1.62. The third kappa shape index (κ3) is 4.31. The topological polar surface area (TPSA) is 121 Å². The van der Waals surface area contributed by atoms with Gasteiger partial charge in [0.25, 0.3) is 0 Å². The molecule has 0 radical (unpaired) electrons. The second-order valence-corrected chi connectivity index (χ2v) is 7.68. The molecule has 14 heteroatoms. The molecule has 4 rings (SSSR count). The molecule has 0 unspecified atom stereocenters. The van der Waals surface area contributed by atoms with Crippen LogP contribution in [0.2, 0.25) is 5.15 Å². The summed E-state index contributed by atoms with van der Waals surface area (Å²) in [6.45, 7) is 2.12. The summed E-state index contributed by atoms with van der Waals surface area (Å²) in [7, 11) is 3.85. The van der Waals surface area contributed by atoms with Gasteiger partial charge in [-0.25, -0.2) is 24.7 Å². The molecule has 1 atom stereocenters. The van der Waals surface area contributed by atoms with E-state index in [2.05, 4.69) is 36.0 Å². The highest BCUT2D eigenvalue weighted by Gasteiger charge is 2.22. The van der Waals surface area contributed by atoms with Crippen molar-refractivity contribution < 1.29 is 4.79 Å². The highest BCUT2D eigenvalue weighted by molar-refractivity contribution is 6.43. The van der Waals surface area contributed by atoms with Crippen molar-refractivity contribution in [1.29, 1.82) is 0 Å². The summed E-state index contributed by atoms with van der Waals surface area (Å²) in [6.07, 6.45) is 6.15. The fourth-order valence-electron chi connectivity index (χ4n) is 2.95. The number of hydrazine groups is 1. The van der Waals surface area contributed by atoms with Gasteiger partial charge in [-0.1, -0.05) is 23.2 Å². The molecule has 0 aromatic carbocycles. The highest BCUT2D eigenvalue weighted by Crippen LogP contribution is 2.27. The standard InChI is InChI=1S/C17H19Cl2N11O/c1-10(27(2)3)15-12(7-20-14-6-13(19)25-29(14)15)24-17(31)26-28-8-11(18)16(21-9-28)30-22-4-5-23-30/h4-8,10H,9H2,1-3H3,(H2,24,26,31)/t10-/m0/s1. The van der Waals surface area contributed by atoms with Crippen molar-refractivity contribution in [3.8, 4) is 0 Å². The maximum absolute atomic E-state index is 12.7. The molecule has 0 saturated heterocycles. The van der Waals surface area contributed by atoms with Crippen molar-refractivity contribution in [3.05, 3.63) is 46.7 Å². The predicted molar refractivity (Wildman–Crippen MR) is 116 cm³/mol. The van der Waals surface area contributed by atoms with E-state index < -0.39 is 6.03 Å². The third-order valence-electron chi connectivity index (χ3n) is 4.62. The molecule has 162 valence electrons. The summed E-state index contributed by atoms with van der Waals surface area (Å²) in [5, 5.41) is 17.1. The van der Waals surface area contributed by atoms with Gasteiger partial charge in [0.2, 0.25) is 0 Å². The second kappa shape index (κ2) is 8.49. The Kier molecular flexibility index (Phi) is 5.76. The van der Waals surface area contributed by atoms with Crippen LogP contribution in [0.1, 0.15) is 18.7 Å².